The fraction of sp³-hybridized carbons (Fsp3) is 0.250. The van der Waals surface area contributed by atoms with E-state index in [1.807, 2.05) is 12.1 Å². The van der Waals surface area contributed by atoms with Crippen molar-refractivity contribution in [3.8, 4) is 11.6 Å². The molecule has 154 valence electrons. The Balaban J connectivity index is 1.43. The number of primary amides is 1. The Morgan fingerprint density at radius 1 is 1.20 bits per heavy atom. The van der Waals surface area contributed by atoms with Gasteiger partial charge in [0, 0.05) is 18.3 Å². The number of ether oxygens (including phenoxy) is 1. The Kier molecular flexibility index (Phi) is 6.05. The molecule has 1 amide bonds. The van der Waals surface area contributed by atoms with Gasteiger partial charge >= 0.3 is 0 Å². The number of hydrogen-bond donors (Lipinski definition) is 2. The standard InChI is InChI=1S/C24H24FN3O2/c25-19-5-1-3-16(13-19)11-12-27-22-6-2-4-17-7-9-20(14-21(17)22)30-23-10-8-18(15-28-23)24(26)29/h1,3,5,7-10,13-15,22,27H,2,4,6,11-12H2,(H2,26,29). The van der Waals surface area contributed by atoms with Gasteiger partial charge < -0.3 is 15.8 Å². The number of pyridine rings is 1. The number of nitrogens with two attached hydrogens (primary N) is 1. The van der Waals surface area contributed by atoms with Gasteiger partial charge in [-0.05, 0) is 79.3 Å². The molecule has 0 bridgehead atoms. The highest BCUT2D eigenvalue weighted by atomic mass is 19.1. The predicted octanol–water partition coefficient (Wildman–Crippen LogP) is 4.32. The zero-order valence-electron chi connectivity index (χ0n) is 16.6. The highest BCUT2D eigenvalue weighted by molar-refractivity contribution is 5.92. The van der Waals surface area contributed by atoms with Crippen molar-refractivity contribution in [1.29, 1.82) is 0 Å². The molecule has 0 aliphatic heterocycles. The summed E-state index contributed by atoms with van der Waals surface area (Å²) in [6.45, 7) is 0.773. The quantitative estimate of drug-likeness (QED) is 0.614. The van der Waals surface area contributed by atoms with Gasteiger partial charge in [0.2, 0.25) is 11.8 Å². The fourth-order valence-electron chi connectivity index (χ4n) is 3.84. The van der Waals surface area contributed by atoms with E-state index in [9.17, 15) is 9.18 Å². The molecule has 0 saturated carbocycles. The van der Waals surface area contributed by atoms with E-state index in [0.717, 1.165) is 37.8 Å². The number of hydrogen-bond acceptors (Lipinski definition) is 4. The number of carbonyl (C=O) groups is 1. The SMILES string of the molecule is NC(=O)c1ccc(Oc2ccc3c(c2)C(NCCc2cccc(F)c2)CCC3)nc1. The van der Waals surface area contributed by atoms with E-state index in [4.69, 9.17) is 10.5 Å². The lowest BCUT2D eigenvalue weighted by Gasteiger charge is -2.27. The van der Waals surface area contributed by atoms with Crippen LogP contribution in [0.25, 0.3) is 0 Å². The second-order valence-corrected chi connectivity index (χ2v) is 7.49. The highest BCUT2D eigenvalue weighted by Gasteiger charge is 2.20. The third-order valence-corrected chi connectivity index (χ3v) is 5.37. The van der Waals surface area contributed by atoms with Crippen LogP contribution in [0.4, 0.5) is 4.39 Å². The van der Waals surface area contributed by atoms with Gasteiger partial charge in [-0.3, -0.25) is 4.79 Å². The number of benzene rings is 2. The van der Waals surface area contributed by atoms with Crippen LogP contribution in [0.1, 0.15) is 45.9 Å². The highest BCUT2D eigenvalue weighted by Crippen LogP contribution is 2.33. The smallest absolute Gasteiger partial charge is 0.250 e. The summed E-state index contributed by atoms with van der Waals surface area (Å²) < 4.78 is 19.3. The molecule has 0 spiro atoms. The van der Waals surface area contributed by atoms with Gasteiger partial charge in [-0.1, -0.05) is 18.2 Å². The maximum Gasteiger partial charge on any atom is 0.250 e. The number of carbonyl (C=O) groups excluding carboxylic acids is 1. The largest absolute Gasteiger partial charge is 0.439 e. The van der Waals surface area contributed by atoms with Crippen LogP contribution in [0.2, 0.25) is 0 Å². The Hall–Kier alpha value is -3.25. The third-order valence-electron chi connectivity index (χ3n) is 5.37. The monoisotopic (exact) mass is 405 g/mol. The second kappa shape index (κ2) is 9.05. The average molecular weight is 405 g/mol. The van der Waals surface area contributed by atoms with Crippen LogP contribution >= 0.6 is 0 Å². The molecule has 0 radical (unpaired) electrons. The van der Waals surface area contributed by atoms with Crippen molar-refractivity contribution in [1.82, 2.24) is 10.3 Å². The van der Waals surface area contributed by atoms with Crippen LogP contribution in [0, 0.1) is 5.82 Å². The molecule has 3 N–H and O–H groups in total. The normalized spacial score (nSPS) is 15.4. The van der Waals surface area contributed by atoms with Gasteiger partial charge in [-0.2, -0.15) is 0 Å². The van der Waals surface area contributed by atoms with Crippen molar-refractivity contribution in [3.05, 3.63) is 88.9 Å². The predicted molar refractivity (Wildman–Crippen MR) is 113 cm³/mol. The van der Waals surface area contributed by atoms with E-state index in [1.54, 1.807) is 24.3 Å². The van der Waals surface area contributed by atoms with Gasteiger partial charge in [-0.15, -0.1) is 0 Å². The van der Waals surface area contributed by atoms with Crippen molar-refractivity contribution < 1.29 is 13.9 Å². The van der Waals surface area contributed by atoms with Gasteiger partial charge in [0.05, 0.1) is 5.56 Å². The molecule has 5 nitrogen and oxygen atoms in total. The maximum atomic E-state index is 13.4. The van der Waals surface area contributed by atoms with E-state index in [2.05, 4.69) is 22.4 Å². The maximum absolute atomic E-state index is 13.4. The zero-order chi connectivity index (χ0) is 20.9. The summed E-state index contributed by atoms with van der Waals surface area (Å²) in [5.41, 5.74) is 9.12. The number of nitrogens with zero attached hydrogens (tertiary/aromatic N) is 1. The molecule has 2 aromatic carbocycles. The van der Waals surface area contributed by atoms with Crippen LogP contribution in [0.5, 0.6) is 11.6 Å². The molecule has 1 aliphatic carbocycles. The molecular weight excluding hydrogens is 381 g/mol. The van der Waals surface area contributed by atoms with Crippen molar-refractivity contribution in [2.45, 2.75) is 31.7 Å². The topological polar surface area (TPSA) is 77.2 Å². The molecule has 6 heteroatoms. The van der Waals surface area contributed by atoms with Crippen LogP contribution in [-0.4, -0.2) is 17.4 Å². The molecular formula is C24H24FN3O2. The molecule has 1 aromatic heterocycles. The van der Waals surface area contributed by atoms with Gasteiger partial charge in [-0.25, -0.2) is 9.37 Å². The fourth-order valence-corrected chi connectivity index (χ4v) is 3.84. The number of aryl methyl sites for hydroxylation is 1. The zero-order valence-corrected chi connectivity index (χ0v) is 16.6. The second-order valence-electron chi connectivity index (χ2n) is 7.49. The number of amides is 1. The minimum atomic E-state index is -0.519. The number of rotatable bonds is 7. The molecule has 1 atom stereocenters. The Morgan fingerprint density at radius 2 is 2.10 bits per heavy atom. The van der Waals surface area contributed by atoms with Gasteiger partial charge in [0.15, 0.2) is 0 Å². The molecule has 3 aromatic rings. The van der Waals surface area contributed by atoms with E-state index >= 15 is 0 Å². The van der Waals surface area contributed by atoms with Crippen LogP contribution in [0.3, 0.4) is 0 Å². The first-order valence-corrected chi connectivity index (χ1v) is 10.1. The summed E-state index contributed by atoms with van der Waals surface area (Å²) in [5, 5.41) is 3.61. The van der Waals surface area contributed by atoms with Crippen molar-refractivity contribution in [2.24, 2.45) is 5.73 Å². The molecule has 4 rings (SSSR count). The number of halogens is 1. The van der Waals surface area contributed by atoms with Crippen molar-refractivity contribution in [3.63, 3.8) is 0 Å². The van der Waals surface area contributed by atoms with Gasteiger partial charge in [0.25, 0.3) is 0 Å². The lowest BCUT2D eigenvalue weighted by Crippen LogP contribution is -2.27. The Labute approximate surface area is 175 Å². The number of fused-ring (bicyclic) bond motifs is 1. The summed E-state index contributed by atoms with van der Waals surface area (Å²) >= 11 is 0. The summed E-state index contributed by atoms with van der Waals surface area (Å²) in [6, 6.07) is 16.3. The molecule has 0 fully saturated rings. The minimum Gasteiger partial charge on any atom is -0.439 e. The van der Waals surface area contributed by atoms with E-state index in [1.165, 1.54) is 23.4 Å². The first-order chi connectivity index (χ1) is 14.6. The van der Waals surface area contributed by atoms with Crippen LogP contribution in [-0.2, 0) is 12.8 Å². The molecule has 1 heterocycles. The number of nitrogens with one attached hydrogen (secondary N) is 1. The van der Waals surface area contributed by atoms with Gasteiger partial charge in [0.1, 0.15) is 11.6 Å². The molecule has 1 unspecified atom stereocenters. The summed E-state index contributed by atoms with van der Waals surface area (Å²) in [4.78, 5) is 15.3. The number of aromatic nitrogens is 1. The van der Waals surface area contributed by atoms with E-state index in [0.29, 0.717) is 17.2 Å². The van der Waals surface area contributed by atoms with E-state index < -0.39 is 5.91 Å². The lowest BCUT2D eigenvalue weighted by atomic mass is 9.87. The average Bonchev–Trinajstić information content (AvgIpc) is 2.74. The minimum absolute atomic E-state index is 0.199. The van der Waals surface area contributed by atoms with Crippen molar-refractivity contribution >= 4 is 5.91 Å². The Morgan fingerprint density at radius 3 is 2.87 bits per heavy atom. The Bertz CT molecular complexity index is 1040. The lowest BCUT2D eigenvalue weighted by molar-refractivity contribution is 0.1000. The van der Waals surface area contributed by atoms with Crippen LogP contribution < -0.4 is 15.8 Å². The third kappa shape index (κ3) is 4.83. The molecule has 1 aliphatic rings. The summed E-state index contributed by atoms with van der Waals surface area (Å²) in [5.74, 6) is 0.392. The summed E-state index contributed by atoms with van der Waals surface area (Å²) in [6.07, 6.45) is 5.40. The summed E-state index contributed by atoms with van der Waals surface area (Å²) in [7, 11) is 0. The molecule has 0 saturated heterocycles. The van der Waals surface area contributed by atoms with Crippen molar-refractivity contribution in [2.75, 3.05) is 6.54 Å². The first kappa shape index (κ1) is 20.0. The van der Waals surface area contributed by atoms with E-state index in [-0.39, 0.29) is 11.9 Å². The first-order valence-electron chi connectivity index (χ1n) is 10.1. The molecule has 30 heavy (non-hydrogen) atoms. The van der Waals surface area contributed by atoms with Crippen LogP contribution in [0.15, 0.2) is 60.8 Å².